The molecule has 1 aliphatic heterocycles. The molecule has 1 aromatic heterocycles. The fourth-order valence-electron chi connectivity index (χ4n) is 4.05. The summed E-state index contributed by atoms with van der Waals surface area (Å²) in [6, 6.07) is 11.9. The largest absolute Gasteiger partial charge is 0.384 e. The number of Topliss-reactive ketones (excluding diaryl/α,β-unsaturated/α-hetero) is 1. The van der Waals surface area contributed by atoms with Gasteiger partial charge in [0, 0.05) is 30.8 Å². The fraction of sp³-hybridized carbons (Fsp3) is 0.269. The Bertz CT molecular complexity index is 1450. The van der Waals surface area contributed by atoms with E-state index < -0.39 is 39.0 Å². The Morgan fingerprint density at radius 1 is 1.14 bits per heavy atom. The van der Waals surface area contributed by atoms with Gasteiger partial charge in [-0.25, -0.2) is 17.7 Å². The third kappa shape index (κ3) is 6.12. The van der Waals surface area contributed by atoms with Gasteiger partial charge in [-0.15, -0.1) is 11.3 Å². The lowest BCUT2D eigenvalue weighted by atomic mass is 9.96. The number of hydrogen-bond donors (Lipinski definition) is 1. The number of amides is 2. The Morgan fingerprint density at radius 3 is 2.59 bits per heavy atom. The van der Waals surface area contributed by atoms with Crippen molar-refractivity contribution in [2.24, 2.45) is 0 Å². The number of likely N-dealkylation sites (N-methyl/N-ethyl adjacent to an activating group) is 1. The van der Waals surface area contributed by atoms with Crippen molar-refractivity contribution in [1.29, 1.82) is 0 Å². The molecule has 1 N–H and O–H groups in total. The Morgan fingerprint density at radius 2 is 1.92 bits per heavy atom. The topological polar surface area (TPSA) is 104 Å². The molecule has 0 bridgehead atoms. The van der Waals surface area contributed by atoms with Crippen molar-refractivity contribution in [2.75, 3.05) is 43.2 Å². The zero-order valence-corrected chi connectivity index (χ0v) is 22.0. The smallest absolute Gasteiger partial charge is 0.265 e. The van der Waals surface area contributed by atoms with Crippen LogP contribution in [0.1, 0.15) is 21.5 Å². The summed E-state index contributed by atoms with van der Waals surface area (Å²) in [4.78, 5) is 41.2. The SMILES string of the molecule is CN(C)CCNc1ccc2c(c1)CC(=O)N(c1ccc(CC(=O)CS(=O)(=O)c3cccs3)cc1F)C2=O. The molecule has 11 heteroatoms. The number of carbonyl (C=O) groups is 3. The van der Waals surface area contributed by atoms with E-state index in [1.807, 2.05) is 19.0 Å². The molecule has 194 valence electrons. The molecule has 3 aromatic rings. The second-order valence-electron chi connectivity index (χ2n) is 9.01. The molecule has 0 saturated carbocycles. The number of rotatable bonds is 10. The number of fused-ring (bicyclic) bond motifs is 1. The van der Waals surface area contributed by atoms with Gasteiger partial charge in [-0.1, -0.05) is 12.1 Å². The lowest BCUT2D eigenvalue weighted by Crippen LogP contribution is -2.43. The highest BCUT2D eigenvalue weighted by molar-refractivity contribution is 7.94. The third-order valence-electron chi connectivity index (χ3n) is 5.82. The van der Waals surface area contributed by atoms with Crippen molar-refractivity contribution in [3.05, 3.63) is 76.4 Å². The van der Waals surface area contributed by atoms with Crippen LogP contribution < -0.4 is 10.2 Å². The summed E-state index contributed by atoms with van der Waals surface area (Å²) in [6.45, 7) is 1.51. The summed E-state index contributed by atoms with van der Waals surface area (Å²) in [6.07, 6.45) is -0.360. The molecule has 0 fully saturated rings. The van der Waals surface area contributed by atoms with E-state index in [0.29, 0.717) is 17.7 Å². The lowest BCUT2D eigenvalue weighted by Gasteiger charge is -2.27. The first-order chi connectivity index (χ1) is 17.5. The van der Waals surface area contributed by atoms with Crippen molar-refractivity contribution >= 4 is 50.1 Å². The monoisotopic (exact) mass is 543 g/mol. The number of anilines is 2. The molecule has 0 radical (unpaired) electrons. The van der Waals surface area contributed by atoms with E-state index in [-0.39, 0.29) is 28.3 Å². The number of benzene rings is 2. The van der Waals surface area contributed by atoms with Crippen LogP contribution in [0.4, 0.5) is 15.8 Å². The fourth-order valence-corrected chi connectivity index (χ4v) is 6.38. The number of sulfone groups is 1. The minimum absolute atomic E-state index is 0.0649. The van der Waals surface area contributed by atoms with E-state index >= 15 is 4.39 Å². The van der Waals surface area contributed by atoms with Gasteiger partial charge >= 0.3 is 0 Å². The van der Waals surface area contributed by atoms with Crippen molar-refractivity contribution in [2.45, 2.75) is 17.1 Å². The number of carbonyl (C=O) groups excluding carboxylic acids is 3. The summed E-state index contributed by atoms with van der Waals surface area (Å²) in [5.41, 5.74) is 1.71. The second kappa shape index (κ2) is 10.9. The molecule has 0 spiro atoms. The zero-order valence-electron chi connectivity index (χ0n) is 20.4. The average molecular weight is 544 g/mol. The van der Waals surface area contributed by atoms with E-state index in [2.05, 4.69) is 5.32 Å². The quantitative estimate of drug-likeness (QED) is 0.392. The van der Waals surface area contributed by atoms with E-state index in [1.54, 1.807) is 29.6 Å². The van der Waals surface area contributed by atoms with E-state index in [4.69, 9.17) is 0 Å². The number of nitrogens with zero attached hydrogens (tertiary/aromatic N) is 2. The molecular formula is C26H26FN3O5S2. The Kier molecular flexibility index (Phi) is 7.86. The second-order valence-corrected chi connectivity index (χ2v) is 12.2. The molecule has 0 aliphatic carbocycles. The van der Waals surface area contributed by atoms with Crippen LogP contribution in [0.25, 0.3) is 0 Å². The first-order valence-electron chi connectivity index (χ1n) is 11.5. The molecule has 37 heavy (non-hydrogen) atoms. The van der Waals surface area contributed by atoms with Crippen LogP contribution in [0.15, 0.2) is 58.1 Å². The van der Waals surface area contributed by atoms with Gasteiger partial charge in [-0.3, -0.25) is 14.4 Å². The summed E-state index contributed by atoms with van der Waals surface area (Å²) in [7, 11) is 0.162. The van der Waals surface area contributed by atoms with Gasteiger partial charge in [-0.2, -0.15) is 0 Å². The molecule has 4 rings (SSSR count). The van der Waals surface area contributed by atoms with Crippen molar-refractivity contribution in [3.8, 4) is 0 Å². The Labute approximate surface area is 218 Å². The zero-order chi connectivity index (χ0) is 26.7. The molecule has 0 unspecified atom stereocenters. The molecule has 0 saturated heterocycles. The Hall–Kier alpha value is -3.41. The highest BCUT2D eigenvalue weighted by Crippen LogP contribution is 2.30. The van der Waals surface area contributed by atoms with Crippen molar-refractivity contribution in [3.63, 3.8) is 0 Å². The van der Waals surface area contributed by atoms with Gasteiger partial charge in [0.1, 0.15) is 15.8 Å². The summed E-state index contributed by atoms with van der Waals surface area (Å²) in [5.74, 6) is -3.32. The minimum atomic E-state index is -3.76. The summed E-state index contributed by atoms with van der Waals surface area (Å²) in [5, 5.41) is 4.86. The minimum Gasteiger partial charge on any atom is -0.384 e. The number of thiophene rings is 1. The molecule has 1 aliphatic rings. The van der Waals surface area contributed by atoms with Gasteiger partial charge in [-0.05, 0) is 67.0 Å². The average Bonchev–Trinajstić information content (AvgIpc) is 3.36. The van der Waals surface area contributed by atoms with Gasteiger partial charge < -0.3 is 10.2 Å². The van der Waals surface area contributed by atoms with Crippen LogP contribution in [0, 0.1) is 5.82 Å². The number of halogens is 1. The normalized spacial score (nSPS) is 13.7. The predicted octanol–water partition coefficient (Wildman–Crippen LogP) is 3.18. The molecule has 2 aromatic carbocycles. The van der Waals surface area contributed by atoms with Crippen LogP contribution in [0.5, 0.6) is 0 Å². The van der Waals surface area contributed by atoms with Gasteiger partial charge in [0.05, 0.1) is 12.1 Å². The molecule has 2 amide bonds. The van der Waals surface area contributed by atoms with Crippen molar-refractivity contribution < 1.29 is 27.2 Å². The summed E-state index contributed by atoms with van der Waals surface area (Å²) >= 11 is 1.02. The maximum atomic E-state index is 15.0. The van der Waals surface area contributed by atoms with Crippen LogP contribution in [-0.2, 0) is 32.3 Å². The van der Waals surface area contributed by atoms with Gasteiger partial charge in [0.25, 0.3) is 5.91 Å². The number of imide groups is 1. The molecule has 0 atom stereocenters. The standard InChI is InChI=1S/C26H26FN3O5S2/c1-29(2)10-9-28-19-6-7-21-18(14-19)15-24(32)30(26(21)33)23-8-5-17(13-22(23)27)12-20(31)16-37(34,35)25-4-3-11-36-25/h3-8,11,13-14,28H,9-10,12,15-16H2,1-2H3. The highest BCUT2D eigenvalue weighted by atomic mass is 32.2. The maximum Gasteiger partial charge on any atom is 0.265 e. The number of nitrogens with one attached hydrogen (secondary N) is 1. The molecule has 8 nitrogen and oxygen atoms in total. The first kappa shape index (κ1) is 26.6. The van der Waals surface area contributed by atoms with Gasteiger partial charge in [0.2, 0.25) is 5.91 Å². The molecule has 2 heterocycles. The number of hydrogen-bond acceptors (Lipinski definition) is 8. The maximum absolute atomic E-state index is 15.0. The van der Waals surface area contributed by atoms with E-state index in [0.717, 1.165) is 34.5 Å². The van der Waals surface area contributed by atoms with Gasteiger partial charge in [0.15, 0.2) is 15.6 Å². The Balaban J connectivity index is 1.47. The first-order valence-corrected chi connectivity index (χ1v) is 14.0. The predicted molar refractivity (Wildman–Crippen MR) is 140 cm³/mol. The highest BCUT2D eigenvalue weighted by Gasteiger charge is 2.34. The van der Waals surface area contributed by atoms with Crippen LogP contribution in [0.3, 0.4) is 0 Å². The van der Waals surface area contributed by atoms with Crippen LogP contribution in [-0.4, -0.2) is 63.9 Å². The van der Waals surface area contributed by atoms with E-state index in [9.17, 15) is 22.8 Å². The lowest BCUT2D eigenvalue weighted by molar-refractivity contribution is -0.118. The van der Waals surface area contributed by atoms with Crippen LogP contribution in [0.2, 0.25) is 0 Å². The molecular weight excluding hydrogens is 517 g/mol. The van der Waals surface area contributed by atoms with E-state index in [1.165, 1.54) is 18.2 Å². The number of ketones is 1. The van der Waals surface area contributed by atoms with Crippen molar-refractivity contribution in [1.82, 2.24) is 4.90 Å². The van der Waals surface area contributed by atoms with Crippen LogP contribution >= 0.6 is 11.3 Å². The third-order valence-corrected chi connectivity index (χ3v) is 8.99. The summed E-state index contributed by atoms with van der Waals surface area (Å²) < 4.78 is 39.8.